The fourth-order valence-electron chi connectivity index (χ4n) is 4.34. The van der Waals surface area contributed by atoms with E-state index in [1.54, 1.807) is 0 Å². The largest absolute Gasteiger partial charge is 0.325 e. The maximum absolute atomic E-state index is 13.5. The molecule has 1 aliphatic heterocycles. The van der Waals surface area contributed by atoms with E-state index in [1.165, 1.54) is 5.56 Å². The van der Waals surface area contributed by atoms with E-state index in [-0.39, 0.29) is 17.9 Å². The van der Waals surface area contributed by atoms with Gasteiger partial charge in [0.1, 0.15) is 5.41 Å². The third-order valence-electron chi connectivity index (χ3n) is 6.19. The molecule has 28 heavy (non-hydrogen) atoms. The first-order valence-electron chi connectivity index (χ1n) is 10.2. The van der Waals surface area contributed by atoms with Gasteiger partial charge < -0.3 is 10.2 Å². The summed E-state index contributed by atoms with van der Waals surface area (Å²) in [5, 5.41) is 3.12. The number of nitrogens with one attached hydrogen (secondary N) is 1. The summed E-state index contributed by atoms with van der Waals surface area (Å²) < 4.78 is 0. The average Bonchev–Trinajstić information content (AvgIpc) is 3.40. The van der Waals surface area contributed by atoms with Crippen molar-refractivity contribution in [2.45, 2.75) is 58.9 Å². The molecule has 1 fully saturated rings. The van der Waals surface area contributed by atoms with Gasteiger partial charge in [0, 0.05) is 17.4 Å². The fraction of sp³-hybridized carbons (Fsp3) is 0.417. The molecule has 1 N–H and O–H groups in total. The first-order valence-corrected chi connectivity index (χ1v) is 10.2. The number of rotatable bonds is 4. The minimum atomic E-state index is -0.928. The summed E-state index contributed by atoms with van der Waals surface area (Å²) in [5.41, 5.74) is 4.21. The van der Waals surface area contributed by atoms with Crippen molar-refractivity contribution in [3.05, 3.63) is 59.2 Å². The van der Waals surface area contributed by atoms with Crippen LogP contribution in [-0.2, 0) is 16.0 Å². The molecule has 0 saturated heterocycles. The lowest BCUT2D eigenvalue weighted by atomic mass is 9.96. The zero-order chi connectivity index (χ0) is 20.1. The third kappa shape index (κ3) is 2.92. The van der Waals surface area contributed by atoms with Crippen LogP contribution in [0.15, 0.2) is 42.5 Å². The Morgan fingerprint density at radius 1 is 1.11 bits per heavy atom. The van der Waals surface area contributed by atoms with E-state index in [2.05, 4.69) is 32.2 Å². The van der Waals surface area contributed by atoms with Crippen LogP contribution in [-0.4, -0.2) is 17.9 Å². The second-order valence-corrected chi connectivity index (χ2v) is 8.59. The van der Waals surface area contributed by atoms with Crippen molar-refractivity contribution in [3.63, 3.8) is 0 Å². The first-order chi connectivity index (χ1) is 13.3. The van der Waals surface area contributed by atoms with E-state index < -0.39 is 5.41 Å². The van der Waals surface area contributed by atoms with Gasteiger partial charge in [-0.25, -0.2) is 0 Å². The van der Waals surface area contributed by atoms with Gasteiger partial charge in [-0.05, 0) is 61.8 Å². The van der Waals surface area contributed by atoms with E-state index in [0.717, 1.165) is 28.9 Å². The fourth-order valence-corrected chi connectivity index (χ4v) is 4.34. The van der Waals surface area contributed by atoms with Crippen LogP contribution in [0.4, 0.5) is 11.4 Å². The summed E-state index contributed by atoms with van der Waals surface area (Å²) in [4.78, 5) is 28.6. The molecule has 4 heteroatoms. The third-order valence-corrected chi connectivity index (χ3v) is 6.19. The van der Waals surface area contributed by atoms with Crippen LogP contribution >= 0.6 is 0 Å². The van der Waals surface area contributed by atoms with Gasteiger partial charge in [0.2, 0.25) is 11.8 Å². The SMILES string of the molecule is Cc1cccc(C(C)C)c1NC(=O)C1(C(=O)N2c3ccccc3CC2C)CC1. The minimum absolute atomic E-state index is 0.0536. The number of benzene rings is 2. The molecule has 0 radical (unpaired) electrons. The van der Waals surface area contributed by atoms with Gasteiger partial charge in [0.05, 0.1) is 0 Å². The van der Waals surface area contributed by atoms with Gasteiger partial charge in [-0.3, -0.25) is 9.59 Å². The molecule has 4 nitrogen and oxygen atoms in total. The molecule has 1 atom stereocenters. The molecule has 2 amide bonds. The second-order valence-electron chi connectivity index (χ2n) is 8.59. The molecule has 1 aliphatic carbocycles. The van der Waals surface area contributed by atoms with Crippen LogP contribution < -0.4 is 10.2 Å². The van der Waals surface area contributed by atoms with E-state index in [1.807, 2.05) is 48.2 Å². The van der Waals surface area contributed by atoms with Crippen molar-refractivity contribution in [2.24, 2.45) is 5.41 Å². The molecule has 1 unspecified atom stereocenters. The Kier molecular flexibility index (Phi) is 4.53. The molecule has 0 spiro atoms. The van der Waals surface area contributed by atoms with Crippen LogP contribution in [0, 0.1) is 12.3 Å². The number of carbonyl (C=O) groups excluding carboxylic acids is 2. The second kappa shape index (κ2) is 6.77. The molecular weight excluding hydrogens is 348 g/mol. The van der Waals surface area contributed by atoms with E-state index in [9.17, 15) is 9.59 Å². The highest BCUT2D eigenvalue weighted by molar-refractivity contribution is 6.18. The number of amides is 2. The monoisotopic (exact) mass is 376 g/mol. The topological polar surface area (TPSA) is 49.4 Å². The van der Waals surface area contributed by atoms with Gasteiger partial charge in [0.15, 0.2) is 0 Å². The summed E-state index contributed by atoms with van der Waals surface area (Å²) in [6.45, 7) is 8.29. The van der Waals surface area contributed by atoms with Crippen molar-refractivity contribution in [3.8, 4) is 0 Å². The van der Waals surface area contributed by atoms with Gasteiger partial charge in [-0.15, -0.1) is 0 Å². The predicted molar refractivity (Wildman–Crippen MR) is 113 cm³/mol. The van der Waals surface area contributed by atoms with Gasteiger partial charge in [-0.1, -0.05) is 50.2 Å². The highest BCUT2D eigenvalue weighted by atomic mass is 16.2. The molecule has 2 aromatic carbocycles. The number of anilines is 2. The Balaban J connectivity index is 1.62. The highest BCUT2D eigenvalue weighted by Crippen LogP contribution is 2.50. The van der Waals surface area contributed by atoms with Crippen molar-refractivity contribution < 1.29 is 9.59 Å². The summed E-state index contributed by atoms with van der Waals surface area (Å²) in [6, 6.07) is 14.2. The number of carbonyl (C=O) groups is 2. The predicted octanol–water partition coefficient (Wildman–Crippen LogP) is 4.81. The molecule has 2 aliphatic rings. The number of hydrogen-bond donors (Lipinski definition) is 1. The van der Waals surface area contributed by atoms with E-state index in [4.69, 9.17) is 0 Å². The van der Waals surface area contributed by atoms with Crippen molar-refractivity contribution in [1.82, 2.24) is 0 Å². The minimum Gasteiger partial charge on any atom is -0.325 e. The maximum Gasteiger partial charge on any atom is 0.242 e. The number of hydrogen-bond acceptors (Lipinski definition) is 2. The number of nitrogens with zero attached hydrogens (tertiary/aromatic N) is 1. The van der Waals surface area contributed by atoms with Crippen LogP contribution in [0.3, 0.4) is 0 Å². The Hall–Kier alpha value is -2.62. The molecule has 2 aromatic rings. The molecule has 0 aromatic heterocycles. The first kappa shape index (κ1) is 18.7. The number of aryl methyl sites for hydroxylation is 1. The molecule has 4 rings (SSSR count). The molecule has 1 saturated carbocycles. The average molecular weight is 377 g/mol. The van der Waals surface area contributed by atoms with E-state index >= 15 is 0 Å². The lowest BCUT2D eigenvalue weighted by molar-refractivity contribution is -0.132. The summed E-state index contributed by atoms with van der Waals surface area (Å²) >= 11 is 0. The Morgan fingerprint density at radius 3 is 2.50 bits per heavy atom. The standard InChI is InChI=1S/C24H28N2O2/c1-15(2)19-10-7-8-16(3)21(19)25-22(27)24(12-13-24)23(28)26-17(4)14-18-9-5-6-11-20(18)26/h5-11,15,17H,12-14H2,1-4H3,(H,25,27). The lowest BCUT2D eigenvalue weighted by Gasteiger charge is -2.28. The molecular formula is C24H28N2O2. The highest BCUT2D eigenvalue weighted by Gasteiger charge is 2.59. The Bertz CT molecular complexity index is 943. The van der Waals surface area contributed by atoms with Crippen LogP contribution in [0.5, 0.6) is 0 Å². The Labute approximate surface area is 166 Å². The normalized spacial score (nSPS) is 19.5. The van der Waals surface area contributed by atoms with E-state index in [0.29, 0.717) is 18.8 Å². The number of fused-ring (bicyclic) bond motifs is 1. The van der Waals surface area contributed by atoms with Crippen molar-refractivity contribution in [2.75, 3.05) is 10.2 Å². The van der Waals surface area contributed by atoms with Gasteiger partial charge in [-0.2, -0.15) is 0 Å². The molecule has 1 heterocycles. The number of para-hydroxylation sites is 2. The smallest absolute Gasteiger partial charge is 0.242 e. The summed E-state index contributed by atoms with van der Waals surface area (Å²) in [6.07, 6.45) is 2.08. The Morgan fingerprint density at radius 2 is 1.82 bits per heavy atom. The van der Waals surface area contributed by atoms with Crippen molar-refractivity contribution >= 4 is 23.2 Å². The van der Waals surface area contributed by atoms with Crippen LogP contribution in [0.2, 0.25) is 0 Å². The quantitative estimate of drug-likeness (QED) is 0.778. The summed E-state index contributed by atoms with van der Waals surface area (Å²) in [7, 11) is 0. The van der Waals surface area contributed by atoms with Crippen LogP contribution in [0.25, 0.3) is 0 Å². The molecule has 146 valence electrons. The zero-order valence-corrected chi connectivity index (χ0v) is 17.1. The van der Waals surface area contributed by atoms with Crippen LogP contribution in [0.1, 0.15) is 56.2 Å². The maximum atomic E-state index is 13.5. The zero-order valence-electron chi connectivity index (χ0n) is 17.1. The van der Waals surface area contributed by atoms with Gasteiger partial charge >= 0.3 is 0 Å². The van der Waals surface area contributed by atoms with Gasteiger partial charge in [0.25, 0.3) is 0 Å². The lowest BCUT2D eigenvalue weighted by Crippen LogP contribution is -2.45. The summed E-state index contributed by atoms with van der Waals surface area (Å²) in [5.74, 6) is 0.0824. The van der Waals surface area contributed by atoms with Crippen molar-refractivity contribution in [1.29, 1.82) is 0 Å². The molecule has 0 bridgehead atoms.